The molecule has 0 aliphatic rings. The van der Waals surface area contributed by atoms with Gasteiger partial charge in [-0.2, -0.15) is 0 Å². The van der Waals surface area contributed by atoms with Gasteiger partial charge in [0.1, 0.15) is 6.33 Å². The van der Waals surface area contributed by atoms with Crippen LogP contribution in [0.2, 0.25) is 0 Å². The monoisotopic (exact) mass is 297 g/mol. The van der Waals surface area contributed by atoms with E-state index in [0.29, 0.717) is 19.4 Å². The Kier molecular flexibility index (Phi) is 6.29. The minimum atomic E-state index is -0.491. The number of hydrogen-bond acceptors (Lipinski definition) is 7. The number of rotatable bonds is 9. The molecule has 0 saturated heterocycles. The fraction of sp³-hybridized carbons (Fsp3) is 0.692. The van der Waals surface area contributed by atoms with Crippen molar-refractivity contribution in [1.82, 2.24) is 9.97 Å². The minimum Gasteiger partial charge on any atom is -0.396 e. The molecule has 118 valence electrons. The van der Waals surface area contributed by atoms with Crippen LogP contribution in [0.4, 0.5) is 17.3 Å². The number of nitrogens with one attached hydrogen (secondary N) is 2. The van der Waals surface area contributed by atoms with Crippen molar-refractivity contribution in [1.29, 1.82) is 0 Å². The molecule has 0 aliphatic carbocycles. The molecule has 1 unspecified atom stereocenters. The molecule has 0 saturated carbocycles. The molecular formula is C13H23N5O3. The van der Waals surface area contributed by atoms with Gasteiger partial charge in [-0.15, -0.1) is 0 Å². The third-order valence-corrected chi connectivity index (χ3v) is 3.41. The zero-order valence-corrected chi connectivity index (χ0v) is 12.7. The number of anilines is 2. The molecule has 1 rings (SSSR count). The fourth-order valence-corrected chi connectivity index (χ4v) is 1.88. The van der Waals surface area contributed by atoms with Crippen LogP contribution in [0.1, 0.15) is 40.0 Å². The quantitative estimate of drug-likeness (QED) is 0.473. The van der Waals surface area contributed by atoms with E-state index in [4.69, 9.17) is 5.11 Å². The molecule has 0 amide bonds. The van der Waals surface area contributed by atoms with Gasteiger partial charge in [0.15, 0.2) is 0 Å². The highest BCUT2D eigenvalue weighted by Crippen LogP contribution is 2.32. The van der Waals surface area contributed by atoms with Crippen molar-refractivity contribution in [2.75, 3.05) is 23.8 Å². The number of hydrogen-bond donors (Lipinski definition) is 3. The van der Waals surface area contributed by atoms with Crippen LogP contribution in [-0.4, -0.2) is 38.7 Å². The zero-order valence-electron chi connectivity index (χ0n) is 12.7. The van der Waals surface area contributed by atoms with Gasteiger partial charge in [0.05, 0.1) is 4.92 Å². The molecule has 8 heteroatoms. The predicted molar refractivity (Wildman–Crippen MR) is 81.5 cm³/mol. The average molecular weight is 297 g/mol. The molecular weight excluding hydrogens is 274 g/mol. The summed E-state index contributed by atoms with van der Waals surface area (Å²) in [6.45, 7) is 6.41. The second-order valence-corrected chi connectivity index (χ2v) is 5.12. The first-order chi connectivity index (χ1) is 9.97. The summed E-state index contributed by atoms with van der Waals surface area (Å²) in [5.41, 5.74) is -0.626. The normalized spacial score (nSPS) is 13.5. The average Bonchev–Trinajstić information content (AvgIpc) is 2.45. The Labute approximate surface area is 124 Å². The van der Waals surface area contributed by atoms with Gasteiger partial charge in [-0.25, -0.2) is 9.97 Å². The van der Waals surface area contributed by atoms with E-state index in [2.05, 4.69) is 20.6 Å². The maximum Gasteiger partial charge on any atom is 0.353 e. The van der Waals surface area contributed by atoms with Crippen LogP contribution in [-0.2, 0) is 0 Å². The highest BCUT2D eigenvalue weighted by molar-refractivity contribution is 5.69. The largest absolute Gasteiger partial charge is 0.396 e. The molecule has 21 heavy (non-hydrogen) atoms. The summed E-state index contributed by atoms with van der Waals surface area (Å²) < 4.78 is 0. The Bertz CT molecular complexity index is 483. The summed E-state index contributed by atoms with van der Waals surface area (Å²) in [5, 5.41) is 26.5. The third-order valence-electron chi connectivity index (χ3n) is 3.41. The van der Waals surface area contributed by atoms with Crippen molar-refractivity contribution in [3.8, 4) is 0 Å². The fourth-order valence-electron chi connectivity index (χ4n) is 1.88. The lowest BCUT2D eigenvalue weighted by Gasteiger charge is -2.29. The van der Waals surface area contributed by atoms with Gasteiger partial charge in [-0.3, -0.25) is 10.1 Å². The highest BCUT2D eigenvalue weighted by atomic mass is 16.6. The van der Waals surface area contributed by atoms with Crippen molar-refractivity contribution < 1.29 is 10.0 Å². The smallest absolute Gasteiger partial charge is 0.353 e. The van der Waals surface area contributed by atoms with E-state index in [1.165, 1.54) is 6.33 Å². The van der Waals surface area contributed by atoms with Gasteiger partial charge in [-0.1, -0.05) is 13.8 Å². The van der Waals surface area contributed by atoms with E-state index >= 15 is 0 Å². The number of nitrogens with zero attached hydrogens (tertiary/aromatic N) is 3. The molecule has 0 aromatic carbocycles. The predicted octanol–water partition coefficient (Wildman–Crippen LogP) is 2.17. The van der Waals surface area contributed by atoms with Crippen LogP contribution in [0.3, 0.4) is 0 Å². The van der Waals surface area contributed by atoms with Gasteiger partial charge >= 0.3 is 5.69 Å². The van der Waals surface area contributed by atoms with Gasteiger partial charge in [0.25, 0.3) is 0 Å². The molecule has 0 fully saturated rings. The number of nitro groups is 1. The van der Waals surface area contributed by atoms with Crippen LogP contribution in [0.15, 0.2) is 6.33 Å². The van der Waals surface area contributed by atoms with Crippen molar-refractivity contribution in [2.45, 2.75) is 45.6 Å². The Morgan fingerprint density at radius 3 is 2.57 bits per heavy atom. The van der Waals surface area contributed by atoms with E-state index in [1.54, 1.807) is 0 Å². The van der Waals surface area contributed by atoms with Crippen molar-refractivity contribution in [3.05, 3.63) is 16.4 Å². The summed E-state index contributed by atoms with van der Waals surface area (Å²) in [4.78, 5) is 18.8. The third kappa shape index (κ3) is 4.52. The first-order valence-corrected chi connectivity index (χ1v) is 7.09. The molecule has 3 N–H and O–H groups in total. The van der Waals surface area contributed by atoms with E-state index < -0.39 is 10.5 Å². The van der Waals surface area contributed by atoms with Crippen LogP contribution in [0, 0.1) is 10.1 Å². The topological polar surface area (TPSA) is 113 Å². The van der Waals surface area contributed by atoms with E-state index in [-0.39, 0.29) is 23.9 Å². The zero-order chi connectivity index (χ0) is 15.9. The van der Waals surface area contributed by atoms with Gasteiger partial charge < -0.3 is 15.7 Å². The van der Waals surface area contributed by atoms with Crippen LogP contribution in [0.5, 0.6) is 0 Å². The Morgan fingerprint density at radius 1 is 1.38 bits per heavy atom. The molecule has 1 aromatic heterocycles. The summed E-state index contributed by atoms with van der Waals surface area (Å²) in [6.07, 6.45) is 3.30. The lowest BCUT2D eigenvalue weighted by Crippen LogP contribution is -2.35. The van der Waals surface area contributed by atoms with Crippen molar-refractivity contribution >= 4 is 17.3 Å². The van der Waals surface area contributed by atoms with E-state index in [1.807, 2.05) is 20.8 Å². The Balaban J connectivity index is 3.13. The second kappa shape index (κ2) is 7.72. The highest BCUT2D eigenvalue weighted by Gasteiger charge is 2.29. The summed E-state index contributed by atoms with van der Waals surface area (Å²) in [7, 11) is 0. The molecule has 1 heterocycles. The summed E-state index contributed by atoms with van der Waals surface area (Å²) in [6, 6.07) is 0. The van der Waals surface area contributed by atoms with Crippen LogP contribution in [0.25, 0.3) is 0 Å². The Hall–Kier alpha value is -1.96. The van der Waals surface area contributed by atoms with Crippen molar-refractivity contribution in [3.63, 3.8) is 0 Å². The minimum absolute atomic E-state index is 0.00281. The van der Waals surface area contributed by atoms with Gasteiger partial charge in [0.2, 0.25) is 11.6 Å². The molecule has 1 atom stereocenters. The number of aromatic nitrogens is 2. The Morgan fingerprint density at radius 2 is 2.05 bits per heavy atom. The molecule has 0 radical (unpaired) electrons. The first-order valence-electron chi connectivity index (χ1n) is 7.09. The molecule has 0 spiro atoms. The summed E-state index contributed by atoms with van der Waals surface area (Å²) in [5.74, 6) is 0.383. The van der Waals surface area contributed by atoms with Crippen LogP contribution >= 0.6 is 0 Å². The van der Waals surface area contributed by atoms with E-state index in [0.717, 1.165) is 6.42 Å². The SMILES string of the molecule is CCCNc1ncnc(NC(C)(CC)CCO)c1[N+](=O)[O-]. The lowest BCUT2D eigenvalue weighted by atomic mass is 9.95. The molecule has 1 aromatic rings. The standard InChI is InChI=1S/C13H23N5O3/c1-4-7-14-11-10(18(20)21)12(16-9-15-11)17-13(3,5-2)6-8-19/h9,19H,4-8H2,1-3H3,(H2,14,15,16,17). The first kappa shape index (κ1) is 17.1. The van der Waals surface area contributed by atoms with Gasteiger partial charge in [-0.05, 0) is 26.2 Å². The molecule has 8 nitrogen and oxygen atoms in total. The maximum atomic E-state index is 11.3. The molecule has 0 aliphatic heterocycles. The summed E-state index contributed by atoms with van der Waals surface area (Å²) >= 11 is 0. The van der Waals surface area contributed by atoms with Crippen molar-refractivity contribution in [2.24, 2.45) is 0 Å². The van der Waals surface area contributed by atoms with Gasteiger partial charge in [0, 0.05) is 18.7 Å². The lowest BCUT2D eigenvalue weighted by molar-refractivity contribution is -0.383. The number of aliphatic hydroxyl groups is 1. The number of aliphatic hydroxyl groups excluding tert-OH is 1. The maximum absolute atomic E-state index is 11.3. The van der Waals surface area contributed by atoms with E-state index in [9.17, 15) is 10.1 Å². The van der Waals surface area contributed by atoms with Crippen LogP contribution < -0.4 is 10.6 Å². The molecule has 0 bridgehead atoms. The second-order valence-electron chi connectivity index (χ2n) is 5.12.